The SMILES string of the molecule is CCc1nc(C(=O)N2CCC[C@H]2C(=O)NCC2CCCCC2)co1. The zero-order valence-corrected chi connectivity index (χ0v) is 14.4. The second-order valence-electron chi connectivity index (χ2n) is 6.89. The van der Waals surface area contributed by atoms with Crippen LogP contribution in [0.5, 0.6) is 0 Å². The summed E-state index contributed by atoms with van der Waals surface area (Å²) >= 11 is 0. The van der Waals surface area contributed by atoms with Crippen LogP contribution in [-0.2, 0) is 11.2 Å². The average Bonchev–Trinajstić information content (AvgIpc) is 3.29. The predicted molar refractivity (Wildman–Crippen MR) is 89.5 cm³/mol. The summed E-state index contributed by atoms with van der Waals surface area (Å²) in [4.78, 5) is 31.0. The molecule has 0 radical (unpaired) electrons. The lowest BCUT2D eigenvalue weighted by atomic mass is 9.89. The second kappa shape index (κ2) is 7.81. The molecule has 1 aliphatic carbocycles. The van der Waals surface area contributed by atoms with Crippen molar-refractivity contribution in [1.29, 1.82) is 0 Å². The van der Waals surface area contributed by atoms with E-state index in [9.17, 15) is 9.59 Å². The first kappa shape index (κ1) is 17.0. The van der Waals surface area contributed by atoms with Crippen LogP contribution in [0.2, 0.25) is 0 Å². The zero-order valence-electron chi connectivity index (χ0n) is 14.4. The lowest BCUT2D eigenvalue weighted by Gasteiger charge is -2.26. The van der Waals surface area contributed by atoms with Gasteiger partial charge in [-0.1, -0.05) is 26.2 Å². The van der Waals surface area contributed by atoms with E-state index in [-0.39, 0.29) is 17.9 Å². The summed E-state index contributed by atoms with van der Waals surface area (Å²) in [6.45, 7) is 3.27. The first-order chi connectivity index (χ1) is 11.7. The van der Waals surface area contributed by atoms with Gasteiger partial charge in [-0.15, -0.1) is 0 Å². The number of nitrogens with one attached hydrogen (secondary N) is 1. The fraction of sp³-hybridized carbons (Fsp3) is 0.722. The molecule has 1 aliphatic heterocycles. The van der Waals surface area contributed by atoms with Crippen LogP contribution in [0, 0.1) is 5.92 Å². The third-order valence-electron chi connectivity index (χ3n) is 5.18. The minimum absolute atomic E-state index is 0.0226. The number of rotatable bonds is 5. The Bertz CT molecular complexity index is 578. The van der Waals surface area contributed by atoms with Crippen LogP contribution in [0.1, 0.15) is 68.2 Å². The summed E-state index contributed by atoms with van der Waals surface area (Å²) in [6, 6.07) is -0.372. The normalized spacial score (nSPS) is 21.9. The molecule has 2 amide bonds. The first-order valence-corrected chi connectivity index (χ1v) is 9.22. The Kier molecular flexibility index (Phi) is 5.53. The molecule has 1 atom stereocenters. The molecule has 1 aromatic rings. The molecule has 2 fully saturated rings. The van der Waals surface area contributed by atoms with E-state index in [0.29, 0.717) is 30.5 Å². The maximum atomic E-state index is 12.6. The molecular formula is C18H27N3O3. The molecule has 6 nitrogen and oxygen atoms in total. The molecule has 0 spiro atoms. The summed E-state index contributed by atoms with van der Waals surface area (Å²) in [6.07, 6.45) is 9.87. The molecule has 24 heavy (non-hydrogen) atoms. The van der Waals surface area contributed by atoms with Crippen molar-refractivity contribution in [2.45, 2.75) is 64.3 Å². The van der Waals surface area contributed by atoms with Crippen molar-refractivity contribution < 1.29 is 14.0 Å². The highest BCUT2D eigenvalue weighted by Crippen LogP contribution is 2.24. The number of carbonyl (C=O) groups excluding carboxylic acids is 2. The maximum Gasteiger partial charge on any atom is 0.276 e. The highest BCUT2D eigenvalue weighted by Gasteiger charge is 2.35. The van der Waals surface area contributed by atoms with Gasteiger partial charge in [0.05, 0.1) is 0 Å². The van der Waals surface area contributed by atoms with Gasteiger partial charge in [-0.3, -0.25) is 9.59 Å². The van der Waals surface area contributed by atoms with E-state index in [1.165, 1.54) is 38.4 Å². The Balaban J connectivity index is 1.57. The number of oxazole rings is 1. The van der Waals surface area contributed by atoms with Gasteiger partial charge in [0, 0.05) is 19.5 Å². The van der Waals surface area contributed by atoms with Crippen molar-refractivity contribution in [3.8, 4) is 0 Å². The molecule has 2 heterocycles. The molecule has 1 saturated heterocycles. The van der Waals surface area contributed by atoms with Gasteiger partial charge in [0.25, 0.3) is 5.91 Å². The molecule has 1 N–H and O–H groups in total. The fourth-order valence-electron chi connectivity index (χ4n) is 3.76. The van der Waals surface area contributed by atoms with E-state index in [1.54, 1.807) is 4.90 Å². The molecule has 0 bridgehead atoms. The average molecular weight is 333 g/mol. The van der Waals surface area contributed by atoms with Crippen molar-refractivity contribution in [1.82, 2.24) is 15.2 Å². The van der Waals surface area contributed by atoms with Crippen LogP contribution in [0.25, 0.3) is 0 Å². The Hall–Kier alpha value is -1.85. The number of nitrogens with zero attached hydrogens (tertiary/aromatic N) is 2. The second-order valence-corrected chi connectivity index (χ2v) is 6.89. The van der Waals surface area contributed by atoms with E-state index in [4.69, 9.17) is 4.42 Å². The summed E-state index contributed by atoms with van der Waals surface area (Å²) < 4.78 is 5.26. The van der Waals surface area contributed by atoms with Gasteiger partial charge < -0.3 is 14.6 Å². The Morgan fingerprint density at radius 2 is 2.04 bits per heavy atom. The monoisotopic (exact) mass is 333 g/mol. The Morgan fingerprint density at radius 1 is 1.25 bits per heavy atom. The van der Waals surface area contributed by atoms with Gasteiger partial charge in [-0.05, 0) is 31.6 Å². The zero-order chi connectivity index (χ0) is 16.9. The van der Waals surface area contributed by atoms with Crippen LogP contribution in [0.4, 0.5) is 0 Å². The molecule has 6 heteroatoms. The predicted octanol–water partition coefficient (Wildman–Crippen LogP) is 2.54. The van der Waals surface area contributed by atoms with Crippen LogP contribution in [0.15, 0.2) is 10.7 Å². The third-order valence-corrected chi connectivity index (χ3v) is 5.18. The van der Waals surface area contributed by atoms with Gasteiger partial charge >= 0.3 is 0 Å². The summed E-state index contributed by atoms with van der Waals surface area (Å²) in [5, 5.41) is 3.07. The highest BCUT2D eigenvalue weighted by atomic mass is 16.3. The largest absolute Gasteiger partial charge is 0.448 e. The molecular weight excluding hydrogens is 306 g/mol. The topological polar surface area (TPSA) is 75.4 Å². The molecule has 3 rings (SSSR count). The molecule has 0 unspecified atom stereocenters. The first-order valence-electron chi connectivity index (χ1n) is 9.22. The van der Waals surface area contributed by atoms with Crippen LogP contribution in [0.3, 0.4) is 0 Å². The number of likely N-dealkylation sites (tertiary alicyclic amines) is 1. The molecule has 132 valence electrons. The minimum Gasteiger partial charge on any atom is -0.448 e. The number of hydrogen-bond acceptors (Lipinski definition) is 4. The van der Waals surface area contributed by atoms with E-state index in [2.05, 4.69) is 10.3 Å². The van der Waals surface area contributed by atoms with Crippen molar-refractivity contribution in [3.63, 3.8) is 0 Å². The van der Waals surface area contributed by atoms with E-state index >= 15 is 0 Å². The van der Waals surface area contributed by atoms with E-state index in [0.717, 1.165) is 19.4 Å². The summed E-state index contributed by atoms with van der Waals surface area (Å²) in [5.74, 6) is 0.922. The molecule has 1 saturated carbocycles. The molecule has 1 aromatic heterocycles. The van der Waals surface area contributed by atoms with Crippen LogP contribution in [-0.4, -0.2) is 40.8 Å². The van der Waals surface area contributed by atoms with Gasteiger partial charge in [0.2, 0.25) is 5.91 Å². The Morgan fingerprint density at radius 3 is 2.75 bits per heavy atom. The summed E-state index contributed by atoms with van der Waals surface area (Å²) in [5.41, 5.74) is 0.304. The van der Waals surface area contributed by atoms with E-state index in [1.807, 2.05) is 6.92 Å². The van der Waals surface area contributed by atoms with Crippen LogP contribution < -0.4 is 5.32 Å². The van der Waals surface area contributed by atoms with Crippen molar-refractivity contribution >= 4 is 11.8 Å². The minimum atomic E-state index is -0.372. The number of carbonyl (C=O) groups is 2. The van der Waals surface area contributed by atoms with Crippen molar-refractivity contribution in [2.24, 2.45) is 5.92 Å². The standard InChI is InChI=1S/C18H27N3O3/c1-2-16-20-14(12-24-16)18(23)21-10-6-9-15(21)17(22)19-11-13-7-4-3-5-8-13/h12-13,15H,2-11H2,1H3,(H,19,22)/t15-/m0/s1. The van der Waals surface area contributed by atoms with Gasteiger partial charge in [-0.2, -0.15) is 0 Å². The summed E-state index contributed by atoms with van der Waals surface area (Å²) in [7, 11) is 0. The smallest absolute Gasteiger partial charge is 0.276 e. The van der Waals surface area contributed by atoms with Crippen LogP contribution >= 0.6 is 0 Å². The van der Waals surface area contributed by atoms with Gasteiger partial charge in [0.15, 0.2) is 11.6 Å². The lowest BCUT2D eigenvalue weighted by Crippen LogP contribution is -2.47. The van der Waals surface area contributed by atoms with Gasteiger partial charge in [-0.25, -0.2) is 4.98 Å². The Labute approximate surface area is 143 Å². The fourth-order valence-corrected chi connectivity index (χ4v) is 3.76. The number of aryl methyl sites for hydroxylation is 1. The van der Waals surface area contributed by atoms with Crippen molar-refractivity contribution in [3.05, 3.63) is 17.8 Å². The number of amides is 2. The highest BCUT2D eigenvalue weighted by molar-refractivity contribution is 5.96. The maximum absolute atomic E-state index is 12.6. The van der Waals surface area contributed by atoms with Crippen molar-refractivity contribution in [2.75, 3.05) is 13.1 Å². The third kappa shape index (κ3) is 3.79. The quantitative estimate of drug-likeness (QED) is 0.898. The molecule has 2 aliphatic rings. The number of aromatic nitrogens is 1. The lowest BCUT2D eigenvalue weighted by molar-refractivity contribution is -0.125. The van der Waals surface area contributed by atoms with Gasteiger partial charge in [0.1, 0.15) is 12.3 Å². The molecule has 0 aromatic carbocycles. The number of hydrogen-bond donors (Lipinski definition) is 1. The van der Waals surface area contributed by atoms with E-state index < -0.39 is 0 Å².